The summed E-state index contributed by atoms with van der Waals surface area (Å²) in [5, 5.41) is 11.8. The molecule has 1 amide bonds. The van der Waals surface area contributed by atoms with Crippen molar-refractivity contribution in [2.45, 2.75) is 32.8 Å². The number of rotatable bonds is 3. The minimum absolute atomic E-state index is 0.368. The van der Waals surface area contributed by atoms with Crippen molar-refractivity contribution in [1.29, 1.82) is 0 Å². The molecule has 2 aromatic rings. The van der Waals surface area contributed by atoms with Crippen LogP contribution in [0.4, 0.5) is 5.13 Å². The van der Waals surface area contributed by atoms with Crippen LogP contribution in [0.1, 0.15) is 33.4 Å². The third-order valence-corrected chi connectivity index (χ3v) is 4.41. The number of aromatic nitrogens is 2. The van der Waals surface area contributed by atoms with Gasteiger partial charge >= 0.3 is 5.97 Å². The van der Waals surface area contributed by atoms with Gasteiger partial charge in [-0.1, -0.05) is 36.0 Å². The minimum Gasteiger partial charge on any atom is -0.448 e. The molecule has 3 rings (SSSR count). The van der Waals surface area contributed by atoms with E-state index in [1.165, 1.54) is 11.3 Å². The second-order valence-corrected chi connectivity index (χ2v) is 6.16. The van der Waals surface area contributed by atoms with Crippen LogP contribution in [0.15, 0.2) is 18.2 Å². The number of ether oxygens (including phenoxy) is 1. The third kappa shape index (κ3) is 2.85. The first kappa shape index (κ1) is 14.6. The van der Waals surface area contributed by atoms with Gasteiger partial charge in [0.2, 0.25) is 5.13 Å². The fraction of sp³-hybridized carbons (Fsp3) is 0.333. The maximum Gasteiger partial charge on any atom is 0.339 e. The lowest BCUT2D eigenvalue weighted by atomic mass is 9.96. The first-order valence-corrected chi connectivity index (χ1v) is 7.82. The van der Waals surface area contributed by atoms with Crippen molar-refractivity contribution in [1.82, 2.24) is 10.2 Å². The number of fused-ring (bicyclic) bond motifs is 1. The zero-order valence-electron chi connectivity index (χ0n) is 12.3. The normalized spacial score (nSPS) is 16.8. The highest BCUT2D eigenvalue weighted by Gasteiger charge is 2.31. The Balaban J connectivity index is 1.74. The predicted octanol–water partition coefficient (Wildman–Crippen LogP) is 2.13. The van der Waals surface area contributed by atoms with Gasteiger partial charge in [0.25, 0.3) is 5.91 Å². The molecule has 1 N–H and O–H groups in total. The molecule has 1 aromatic heterocycles. The molecular weight excluding hydrogens is 302 g/mol. The van der Waals surface area contributed by atoms with E-state index in [4.69, 9.17) is 4.74 Å². The highest BCUT2D eigenvalue weighted by atomic mass is 32.1. The molecule has 0 saturated carbocycles. The summed E-state index contributed by atoms with van der Waals surface area (Å²) in [6, 6.07) is 5.57. The van der Waals surface area contributed by atoms with Gasteiger partial charge in [-0.15, -0.1) is 10.2 Å². The Hall–Kier alpha value is -2.28. The van der Waals surface area contributed by atoms with Gasteiger partial charge < -0.3 is 4.74 Å². The molecule has 0 spiro atoms. The summed E-state index contributed by atoms with van der Waals surface area (Å²) in [6.07, 6.45) is 0.294. The van der Waals surface area contributed by atoms with Gasteiger partial charge in [0.1, 0.15) is 5.01 Å². The lowest BCUT2D eigenvalue weighted by Gasteiger charge is -2.23. The number of cyclic esters (lactones) is 1. The zero-order chi connectivity index (χ0) is 15.7. The van der Waals surface area contributed by atoms with Crippen LogP contribution in [0, 0.1) is 6.92 Å². The number of nitrogens with one attached hydrogen (secondary N) is 1. The number of carbonyl (C=O) groups excluding carboxylic acids is 2. The molecule has 1 unspecified atom stereocenters. The molecule has 7 heteroatoms. The van der Waals surface area contributed by atoms with E-state index in [0.717, 1.165) is 22.6 Å². The molecule has 0 aliphatic carbocycles. The van der Waals surface area contributed by atoms with Gasteiger partial charge in [-0.05, 0) is 25.0 Å². The molecule has 0 radical (unpaired) electrons. The Morgan fingerprint density at radius 1 is 1.45 bits per heavy atom. The van der Waals surface area contributed by atoms with Gasteiger partial charge in [-0.25, -0.2) is 4.79 Å². The average Bonchev–Trinajstić information content (AvgIpc) is 2.95. The second kappa shape index (κ2) is 5.84. The SMILES string of the molecule is CCc1nnc(NC(=O)C2Cc3ccc(C)cc3C(=O)O2)s1. The van der Waals surface area contributed by atoms with Crippen molar-refractivity contribution in [3.05, 3.63) is 39.9 Å². The molecule has 114 valence electrons. The van der Waals surface area contributed by atoms with Crippen LogP contribution in [0.2, 0.25) is 0 Å². The van der Waals surface area contributed by atoms with Crippen LogP contribution in [0.3, 0.4) is 0 Å². The highest BCUT2D eigenvalue weighted by Crippen LogP contribution is 2.23. The number of esters is 1. The molecule has 22 heavy (non-hydrogen) atoms. The van der Waals surface area contributed by atoms with Gasteiger partial charge in [0.05, 0.1) is 5.56 Å². The lowest BCUT2D eigenvalue weighted by molar-refractivity contribution is -0.125. The Morgan fingerprint density at radius 3 is 3.00 bits per heavy atom. The van der Waals surface area contributed by atoms with E-state index < -0.39 is 12.1 Å². The number of carbonyl (C=O) groups is 2. The summed E-state index contributed by atoms with van der Waals surface area (Å²) in [5.41, 5.74) is 2.35. The van der Waals surface area contributed by atoms with Crippen molar-refractivity contribution >= 4 is 28.3 Å². The standard InChI is InChI=1S/C15H15N3O3S/c1-3-12-17-18-15(22-12)16-13(19)11-7-9-5-4-8(2)6-10(9)14(20)21-11/h4-6,11H,3,7H2,1-2H3,(H,16,18,19). The van der Waals surface area contributed by atoms with Gasteiger partial charge in [-0.3, -0.25) is 10.1 Å². The Morgan fingerprint density at radius 2 is 2.27 bits per heavy atom. The maximum absolute atomic E-state index is 12.2. The van der Waals surface area contributed by atoms with E-state index in [9.17, 15) is 9.59 Å². The summed E-state index contributed by atoms with van der Waals surface area (Å²) in [4.78, 5) is 24.3. The molecule has 0 saturated heterocycles. The highest BCUT2D eigenvalue weighted by molar-refractivity contribution is 7.15. The average molecular weight is 317 g/mol. The van der Waals surface area contributed by atoms with E-state index >= 15 is 0 Å². The van der Waals surface area contributed by atoms with Crippen molar-refractivity contribution < 1.29 is 14.3 Å². The van der Waals surface area contributed by atoms with Gasteiger partial charge in [-0.2, -0.15) is 0 Å². The van der Waals surface area contributed by atoms with Crippen molar-refractivity contribution in [2.24, 2.45) is 0 Å². The van der Waals surface area contributed by atoms with Crippen molar-refractivity contribution in [3.63, 3.8) is 0 Å². The van der Waals surface area contributed by atoms with Gasteiger partial charge in [0, 0.05) is 6.42 Å². The maximum atomic E-state index is 12.2. The molecule has 1 aliphatic heterocycles. The van der Waals surface area contributed by atoms with Crippen molar-refractivity contribution in [2.75, 3.05) is 5.32 Å². The first-order chi connectivity index (χ1) is 10.6. The van der Waals surface area contributed by atoms with Crippen molar-refractivity contribution in [3.8, 4) is 0 Å². The Bertz CT molecular complexity index is 741. The molecule has 0 fully saturated rings. The smallest absolute Gasteiger partial charge is 0.339 e. The number of amides is 1. The number of nitrogens with zero attached hydrogens (tertiary/aromatic N) is 2. The molecule has 2 heterocycles. The van der Waals surface area contributed by atoms with E-state index in [0.29, 0.717) is 17.1 Å². The fourth-order valence-electron chi connectivity index (χ4n) is 2.27. The summed E-state index contributed by atoms with van der Waals surface area (Å²) in [7, 11) is 0. The number of hydrogen-bond acceptors (Lipinski definition) is 6. The van der Waals surface area contributed by atoms with Crippen LogP contribution in [0.5, 0.6) is 0 Å². The van der Waals surface area contributed by atoms with Crippen LogP contribution >= 0.6 is 11.3 Å². The van der Waals surface area contributed by atoms with Crippen LogP contribution in [0.25, 0.3) is 0 Å². The number of hydrogen-bond donors (Lipinski definition) is 1. The van der Waals surface area contributed by atoms with E-state index in [1.54, 1.807) is 6.07 Å². The quantitative estimate of drug-likeness (QED) is 0.877. The molecule has 0 bridgehead atoms. The number of aryl methyl sites for hydroxylation is 2. The number of anilines is 1. The topological polar surface area (TPSA) is 81.2 Å². The van der Waals surface area contributed by atoms with Crippen LogP contribution in [-0.2, 0) is 22.4 Å². The summed E-state index contributed by atoms with van der Waals surface area (Å²) in [5.74, 6) is -0.838. The Kier molecular flexibility index (Phi) is 3.89. The number of benzene rings is 1. The molecular formula is C15H15N3O3S. The summed E-state index contributed by atoms with van der Waals surface area (Å²) in [6.45, 7) is 3.88. The predicted molar refractivity (Wildman–Crippen MR) is 82.0 cm³/mol. The van der Waals surface area contributed by atoms with Gasteiger partial charge in [0.15, 0.2) is 6.10 Å². The third-order valence-electron chi connectivity index (χ3n) is 3.43. The first-order valence-electron chi connectivity index (χ1n) is 7.00. The fourth-order valence-corrected chi connectivity index (χ4v) is 2.95. The van der Waals surface area contributed by atoms with E-state index in [2.05, 4.69) is 15.5 Å². The molecule has 1 aliphatic rings. The largest absolute Gasteiger partial charge is 0.448 e. The summed E-state index contributed by atoms with van der Waals surface area (Å²) >= 11 is 1.32. The Labute approximate surface area is 131 Å². The minimum atomic E-state index is -0.836. The molecule has 6 nitrogen and oxygen atoms in total. The lowest BCUT2D eigenvalue weighted by Crippen LogP contribution is -2.38. The van der Waals surface area contributed by atoms with Crippen LogP contribution in [-0.4, -0.2) is 28.2 Å². The zero-order valence-corrected chi connectivity index (χ0v) is 13.1. The molecule has 1 atom stereocenters. The monoisotopic (exact) mass is 317 g/mol. The second-order valence-electron chi connectivity index (χ2n) is 5.10. The van der Waals surface area contributed by atoms with Crippen LogP contribution < -0.4 is 5.32 Å². The summed E-state index contributed by atoms with van der Waals surface area (Å²) < 4.78 is 5.24. The van der Waals surface area contributed by atoms with E-state index in [-0.39, 0.29) is 5.91 Å². The molecule has 1 aromatic carbocycles. The van der Waals surface area contributed by atoms with E-state index in [1.807, 2.05) is 26.0 Å².